The third-order valence-electron chi connectivity index (χ3n) is 2.15. The molecule has 2 rings (SSSR count). The molecule has 0 saturated heterocycles. The van der Waals surface area contributed by atoms with Crippen LogP contribution in [0.25, 0.3) is 6.08 Å². The van der Waals surface area contributed by atoms with Gasteiger partial charge in [-0.1, -0.05) is 23.2 Å². The van der Waals surface area contributed by atoms with Crippen LogP contribution in [0.3, 0.4) is 0 Å². The molecule has 2 aromatic rings. The second-order valence-electron chi connectivity index (χ2n) is 3.34. The molecule has 0 spiro atoms. The van der Waals surface area contributed by atoms with Gasteiger partial charge in [-0.3, -0.25) is 4.79 Å². The van der Waals surface area contributed by atoms with Gasteiger partial charge in [0.2, 0.25) is 0 Å². The lowest BCUT2D eigenvalue weighted by atomic mass is 10.1. The maximum absolute atomic E-state index is 11.8. The Labute approximate surface area is 108 Å². The van der Waals surface area contributed by atoms with E-state index in [9.17, 15) is 4.79 Å². The van der Waals surface area contributed by atoms with Gasteiger partial charge in [-0.25, -0.2) is 0 Å². The summed E-state index contributed by atoms with van der Waals surface area (Å²) in [7, 11) is 0. The molecule has 0 saturated carbocycles. The molecule has 0 N–H and O–H groups in total. The molecule has 0 aliphatic carbocycles. The molecule has 0 radical (unpaired) electrons. The van der Waals surface area contributed by atoms with E-state index < -0.39 is 0 Å². The Balaban J connectivity index is 2.17. The first-order valence-electron chi connectivity index (χ1n) is 4.88. The summed E-state index contributed by atoms with van der Waals surface area (Å²) in [6.07, 6.45) is 4.58. The molecule has 2 nitrogen and oxygen atoms in total. The summed E-state index contributed by atoms with van der Waals surface area (Å²) in [5.41, 5.74) is 0.488. The summed E-state index contributed by atoms with van der Waals surface area (Å²) < 4.78 is 5.08. The van der Waals surface area contributed by atoms with Crippen molar-refractivity contribution >= 4 is 35.1 Å². The topological polar surface area (TPSA) is 30.2 Å². The minimum atomic E-state index is -0.153. The van der Waals surface area contributed by atoms with Crippen LogP contribution < -0.4 is 0 Å². The smallest absolute Gasteiger partial charge is 0.186 e. The standard InChI is InChI=1S/C13H8Cl2O2/c14-11-5-3-9(8-12(11)15)13(16)6-4-10-2-1-7-17-10/h1-8H/b6-4+. The number of furan rings is 1. The third-order valence-corrected chi connectivity index (χ3v) is 2.89. The van der Waals surface area contributed by atoms with Crippen LogP contribution in [-0.2, 0) is 0 Å². The lowest BCUT2D eigenvalue weighted by molar-refractivity contribution is 0.104. The number of rotatable bonds is 3. The Morgan fingerprint density at radius 1 is 1.18 bits per heavy atom. The summed E-state index contributed by atoms with van der Waals surface area (Å²) in [5.74, 6) is 0.471. The molecule has 17 heavy (non-hydrogen) atoms. The predicted molar refractivity (Wildman–Crippen MR) is 68.5 cm³/mol. The molecule has 4 heteroatoms. The van der Waals surface area contributed by atoms with E-state index in [4.69, 9.17) is 27.6 Å². The molecule has 0 bridgehead atoms. The highest BCUT2D eigenvalue weighted by atomic mass is 35.5. The van der Waals surface area contributed by atoms with Crippen LogP contribution in [0.2, 0.25) is 10.0 Å². The van der Waals surface area contributed by atoms with E-state index in [-0.39, 0.29) is 5.78 Å². The number of ketones is 1. The van der Waals surface area contributed by atoms with Gasteiger partial charge in [-0.15, -0.1) is 0 Å². The molecule has 0 fully saturated rings. The molecule has 1 heterocycles. The van der Waals surface area contributed by atoms with Crippen LogP contribution in [0, 0.1) is 0 Å². The van der Waals surface area contributed by atoms with Gasteiger partial charge in [0.1, 0.15) is 5.76 Å². The largest absolute Gasteiger partial charge is 0.465 e. The van der Waals surface area contributed by atoms with E-state index in [1.807, 2.05) is 0 Å². The molecule has 0 unspecified atom stereocenters. The summed E-state index contributed by atoms with van der Waals surface area (Å²) in [4.78, 5) is 11.8. The molecule has 0 aliphatic rings. The van der Waals surface area contributed by atoms with Gasteiger partial charge in [0.15, 0.2) is 5.78 Å². The molecule has 0 aliphatic heterocycles. The SMILES string of the molecule is O=C(/C=C/c1ccco1)c1ccc(Cl)c(Cl)c1. The minimum absolute atomic E-state index is 0.153. The molecular formula is C13H8Cl2O2. The Hall–Kier alpha value is -1.51. The van der Waals surface area contributed by atoms with Crippen LogP contribution in [0.15, 0.2) is 47.1 Å². The molecule has 0 atom stereocenters. The van der Waals surface area contributed by atoms with E-state index in [1.165, 1.54) is 6.08 Å². The molecule has 1 aromatic heterocycles. The first-order valence-corrected chi connectivity index (χ1v) is 5.63. The van der Waals surface area contributed by atoms with E-state index in [0.717, 1.165) is 0 Å². The molecular weight excluding hydrogens is 259 g/mol. The van der Waals surface area contributed by atoms with E-state index >= 15 is 0 Å². The zero-order chi connectivity index (χ0) is 12.3. The summed E-state index contributed by atoms with van der Waals surface area (Å²) >= 11 is 11.6. The number of hydrogen-bond acceptors (Lipinski definition) is 2. The second kappa shape index (κ2) is 5.21. The van der Waals surface area contributed by atoms with Crippen LogP contribution in [0.1, 0.15) is 16.1 Å². The van der Waals surface area contributed by atoms with E-state index in [1.54, 1.807) is 42.7 Å². The number of halogens is 2. The summed E-state index contributed by atoms with van der Waals surface area (Å²) in [6, 6.07) is 8.28. The monoisotopic (exact) mass is 266 g/mol. The molecule has 1 aromatic carbocycles. The van der Waals surface area contributed by atoms with E-state index in [0.29, 0.717) is 21.4 Å². The van der Waals surface area contributed by atoms with Gasteiger partial charge < -0.3 is 4.42 Å². The highest BCUT2D eigenvalue weighted by Gasteiger charge is 2.05. The zero-order valence-corrected chi connectivity index (χ0v) is 10.2. The van der Waals surface area contributed by atoms with Crippen LogP contribution >= 0.6 is 23.2 Å². The van der Waals surface area contributed by atoms with Crippen molar-refractivity contribution in [1.29, 1.82) is 0 Å². The zero-order valence-electron chi connectivity index (χ0n) is 8.69. The highest BCUT2D eigenvalue weighted by molar-refractivity contribution is 6.42. The van der Waals surface area contributed by atoms with Crippen molar-refractivity contribution in [3.63, 3.8) is 0 Å². The molecule has 0 amide bonds. The van der Waals surface area contributed by atoms with Gasteiger partial charge in [0, 0.05) is 5.56 Å². The molecule has 86 valence electrons. The Morgan fingerprint density at radius 2 is 2.00 bits per heavy atom. The van der Waals surface area contributed by atoms with Crippen molar-refractivity contribution in [3.8, 4) is 0 Å². The van der Waals surface area contributed by atoms with Crippen molar-refractivity contribution in [2.75, 3.05) is 0 Å². The van der Waals surface area contributed by atoms with E-state index in [2.05, 4.69) is 0 Å². The van der Waals surface area contributed by atoms with Gasteiger partial charge in [-0.2, -0.15) is 0 Å². The lowest BCUT2D eigenvalue weighted by Crippen LogP contribution is -1.93. The summed E-state index contributed by atoms with van der Waals surface area (Å²) in [5, 5.41) is 0.794. The number of carbonyl (C=O) groups is 1. The van der Waals surface area contributed by atoms with Crippen molar-refractivity contribution in [1.82, 2.24) is 0 Å². The van der Waals surface area contributed by atoms with Crippen LogP contribution in [0.4, 0.5) is 0 Å². The fraction of sp³-hybridized carbons (Fsp3) is 0. The third kappa shape index (κ3) is 2.99. The normalized spacial score (nSPS) is 10.9. The lowest BCUT2D eigenvalue weighted by Gasteiger charge is -1.98. The number of allylic oxidation sites excluding steroid dienone is 1. The first kappa shape index (κ1) is 12.0. The van der Waals surface area contributed by atoms with Gasteiger partial charge in [-0.05, 0) is 42.5 Å². The Kier molecular flexibility index (Phi) is 3.67. The number of hydrogen-bond donors (Lipinski definition) is 0. The van der Waals surface area contributed by atoms with Crippen LogP contribution in [-0.4, -0.2) is 5.78 Å². The van der Waals surface area contributed by atoms with Crippen molar-refractivity contribution < 1.29 is 9.21 Å². The van der Waals surface area contributed by atoms with Crippen molar-refractivity contribution in [2.45, 2.75) is 0 Å². The second-order valence-corrected chi connectivity index (χ2v) is 4.16. The number of benzene rings is 1. The van der Waals surface area contributed by atoms with Crippen molar-refractivity contribution in [2.24, 2.45) is 0 Å². The number of carbonyl (C=O) groups excluding carboxylic acids is 1. The van der Waals surface area contributed by atoms with Crippen LogP contribution in [0.5, 0.6) is 0 Å². The first-order chi connectivity index (χ1) is 8.16. The maximum Gasteiger partial charge on any atom is 0.186 e. The fourth-order valence-corrected chi connectivity index (χ4v) is 1.59. The quantitative estimate of drug-likeness (QED) is 0.606. The Bertz CT molecular complexity index is 557. The predicted octanol–water partition coefficient (Wildman–Crippen LogP) is 4.48. The van der Waals surface area contributed by atoms with Crippen molar-refractivity contribution in [3.05, 3.63) is 64.0 Å². The summed E-state index contributed by atoms with van der Waals surface area (Å²) in [6.45, 7) is 0. The maximum atomic E-state index is 11.8. The van der Waals surface area contributed by atoms with Gasteiger partial charge >= 0.3 is 0 Å². The average Bonchev–Trinajstić information content (AvgIpc) is 2.82. The highest BCUT2D eigenvalue weighted by Crippen LogP contribution is 2.23. The minimum Gasteiger partial charge on any atom is -0.465 e. The Morgan fingerprint density at radius 3 is 2.65 bits per heavy atom. The average molecular weight is 267 g/mol. The fourth-order valence-electron chi connectivity index (χ4n) is 1.29. The van der Waals surface area contributed by atoms with Gasteiger partial charge in [0.25, 0.3) is 0 Å². The van der Waals surface area contributed by atoms with Gasteiger partial charge in [0.05, 0.1) is 16.3 Å².